The number of benzene rings is 1. The Kier molecular flexibility index (Phi) is 4.95. The number of carbonyl (C=O) groups is 1. The zero-order valence-electron chi connectivity index (χ0n) is 12.3. The molecule has 1 atom stereocenters. The number of halogens is 3. The normalized spacial score (nSPS) is 12.7. The van der Waals surface area contributed by atoms with E-state index in [1.807, 2.05) is 0 Å². The molecule has 8 heteroatoms. The van der Waals surface area contributed by atoms with Gasteiger partial charge in [-0.05, 0) is 30.3 Å². The smallest absolute Gasteiger partial charge is 0.385 e. The van der Waals surface area contributed by atoms with Crippen molar-refractivity contribution < 1.29 is 23.1 Å². The van der Waals surface area contributed by atoms with Crippen molar-refractivity contribution in [1.29, 1.82) is 0 Å². The number of anilines is 1. The van der Waals surface area contributed by atoms with Crippen LogP contribution in [0.25, 0.3) is 0 Å². The Balaban J connectivity index is 1.91. The number of hydrogen-bond acceptors (Lipinski definition) is 2. The predicted octanol–water partition coefficient (Wildman–Crippen LogP) is 2.90. The Morgan fingerprint density at radius 1 is 1.30 bits per heavy atom. The van der Waals surface area contributed by atoms with Crippen LogP contribution in [0.1, 0.15) is 17.4 Å². The molecule has 3 N–H and O–H groups in total. The minimum absolute atomic E-state index is 0.0191. The summed E-state index contributed by atoms with van der Waals surface area (Å²) < 4.78 is 39.5. The van der Waals surface area contributed by atoms with Crippen LogP contribution in [0.3, 0.4) is 0 Å². The Hall–Kier alpha value is -2.48. The largest absolute Gasteiger partial charge is 0.416 e. The molecule has 0 saturated heterocycles. The van der Waals surface area contributed by atoms with Crippen molar-refractivity contribution >= 4 is 11.7 Å². The molecule has 0 fully saturated rings. The van der Waals surface area contributed by atoms with E-state index in [2.05, 4.69) is 10.6 Å². The van der Waals surface area contributed by atoms with Gasteiger partial charge in [0.15, 0.2) is 0 Å². The number of aliphatic hydroxyl groups is 1. The summed E-state index contributed by atoms with van der Waals surface area (Å²) in [6.07, 6.45) is -3.64. The number of hydrogen-bond donors (Lipinski definition) is 3. The molecular formula is C15H16F3N3O2. The summed E-state index contributed by atoms with van der Waals surface area (Å²) in [7, 11) is 1.75. The number of urea groups is 1. The van der Waals surface area contributed by atoms with Crippen molar-refractivity contribution in [2.75, 3.05) is 11.9 Å². The van der Waals surface area contributed by atoms with Gasteiger partial charge in [-0.2, -0.15) is 13.2 Å². The Morgan fingerprint density at radius 2 is 2.04 bits per heavy atom. The molecule has 2 aromatic rings. The molecule has 0 spiro atoms. The van der Waals surface area contributed by atoms with E-state index in [-0.39, 0.29) is 12.2 Å². The van der Waals surface area contributed by atoms with E-state index in [0.717, 1.165) is 12.1 Å². The average molecular weight is 327 g/mol. The van der Waals surface area contributed by atoms with Crippen LogP contribution in [0, 0.1) is 0 Å². The van der Waals surface area contributed by atoms with Gasteiger partial charge in [0.2, 0.25) is 0 Å². The van der Waals surface area contributed by atoms with Crippen molar-refractivity contribution in [3.05, 3.63) is 53.9 Å². The van der Waals surface area contributed by atoms with Crippen molar-refractivity contribution in [2.45, 2.75) is 12.3 Å². The highest BCUT2D eigenvalue weighted by Gasteiger charge is 2.30. The summed E-state index contributed by atoms with van der Waals surface area (Å²) in [6, 6.07) is 7.07. The van der Waals surface area contributed by atoms with Crippen molar-refractivity contribution in [3.63, 3.8) is 0 Å². The summed E-state index contributed by atoms with van der Waals surface area (Å²) in [5.41, 5.74) is -0.214. The maximum Gasteiger partial charge on any atom is 0.416 e. The third-order valence-corrected chi connectivity index (χ3v) is 3.23. The highest BCUT2D eigenvalue weighted by Crippen LogP contribution is 2.30. The fraction of sp³-hybridized carbons (Fsp3) is 0.267. The number of nitrogens with zero attached hydrogens (tertiary/aromatic N) is 1. The van der Waals surface area contributed by atoms with Gasteiger partial charge in [-0.3, -0.25) is 0 Å². The molecule has 1 aromatic heterocycles. The van der Waals surface area contributed by atoms with Gasteiger partial charge in [0, 0.05) is 24.6 Å². The van der Waals surface area contributed by atoms with Crippen molar-refractivity contribution in [1.82, 2.24) is 9.88 Å². The highest BCUT2D eigenvalue weighted by molar-refractivity contribution is 5.89. The number of carbonyl (C=O) groups excluding carboxylic acids is 1. The molecule has 5 nitrogen and oxygen atoms in total. The number of nitrogens with one attached hydrogen (secondary N) is 2. The van der Waals surface area contributed by atoms with Crippen LogP contribution in [0.15, 0.2) is 42.6 Å². The summed E-state index contributed by atoms with van der Waals surface area (Å²) in [5.74, 6) is 0. The quantitative estimate of drug-likeness (QED) is 0.808. The van der Waals surface area contributed by atoms with Gasteiger partial charge < -0.3 is 20.3 Å². The minimum Gasteiger partial charge on any atom is -0.385 e. The predicted molar refractivity (Wildman–Crippen MR) is 78.8 cm³/mol. The topological polar surface area (TPSA) is 66.3 Å². The Morgan fingerprint density at radius 3 is 2.65 bits per heavy atom. The van der Waals surface area contributed by atoms with E-state index >= 15 is 0 Å². The van der Waals surface area contributed by atoms with Crippen LogP contribution in [0.2, 0.25) is 0 Å². The van der Waals surface area contributed by atoms with E-state index < -0.39 is 23.9 Å². The number of aliphatic hydroxyl groups excluding tert-OH is 1. The zero-order valence-corrected chi connectivity index (χ0v) is 12.3. The molecule has 1 unspecified atom stereocenters. The second-order valence-corrected chi connectivity index (χ2v) is 4.97. The van der Waals surface area contributed by atoms with Gasteiger partial charge in [-0.15, -0.1) is 0 Å². The number of alkyl halides is 3. The zero-order chi connectivity index (χ0) is 17.0. The van der Waals surface area contributed by atoms with Crippen LogP contribution in [0.4, 0.5) is 23.7 Å². The third-order valence-electron chi connectivity index (χ3n) is 3.23. The lowest BCUT2D eigenvalue weighted by Gasteiger charge is -2.14. The molecule has 2 amide bonds. The van der Waals surface area contributed by atoms with E-state index in [1.165, 1.54) is 12.1 Å². The Bertz CT molecular complexity index is 683. The number of rotatable bonds is 4. The van der Waals surface area contributed by atoms with Crippen LogP contribution < -0.4 is 10.6 Å². The van der Waals surface area contributed by atoms with E-state index in [9.17, 15) is 23.1 Å². The fourth-order valence-corrected chi connectivity index (χ4v) is 2.06. The summed E-state index contributed by atoms with van der Waals surface area (Å²) in [5, 5.41) is 14.7. The second-order valence-electron chi connectivity index (χ2n) is 4.97. The first-order valence-electron chi connectivity index (χ1n) is 6.79. The van der Waals surface area contributed by atoms with Crippen molar-refractivity contribution in [3.8, 4) is 0 Å². The minimum atomic E-state index is -4.48. The lowest BCUT2D eigenvalue weighted by molar-refractivity contribution is -0.137. The van der Waals surface area contributed by atoms with E-state index in [1.54, 1.807) is 29.9 Å². The summed E-state index contributed by atoms with van der Waals surface area (Å²) >= 11 is 0. The van der Waals surface area contributed by atoms with Crippen LogP contribution >= 0.6 is 0 Å². The number of aromatic nitrogens is 1. The fourth-order valence-electron chi connectivity index (χ4n) is 2.06. The van der Waals surface area contributed by atoms with Gasteiger partial charge in [-0.25, -0.2) is 4.79 Å². The van der Waals surface area contributed by atoms with Gasteiger partial charge in [0.25, 0.3) is 0 Å². The molecule has 23 heavy (non-hydrogen) atoms. The highest BCUT2D eigenvalue weighted by atomic mass is 19.4. The van der Waals surface area contributed by atoms with E-state index in [4.69, 9.17) is 0 Å². The van der Waals surface area contributed by atoms with Crippen molar-refractivity contribution in [2.24, 2.45) is 7.05 Å². The summed E-state index contributed by atoms with van der Waals surface area (Å²) in [6.45, 7) is -0.0668. The summed E-state index contributed by atoms with van der Waals surface area (Å²) in [4.78, 5) is 11.7. The van der Waals surface area contributed by atoms with Crippen LogP contribution in [0.5, 0.6) is 0 Å². The van der Waals surface area contributed by atoms with Gasteiger partial charge in [0.05, 0.1) is 12.1 Å². The Labute approximate surface area is 130 Å². The maximum atomic E-state index is 12.6. The molecule has 2 rings (SSSR count). The van der Waals surface area contributed by atoms with Gasteiger partial charge in [-0.1, -0.05) is 6.07 Å². The van der Waals surface area contributed by atoms with Gasteiger partial charge in [0.1, 0.15) is 6.10 Å². The molecule has 0 saturated carbocycles. The third kappa shape index (κ3) is 4.49. The first kappa shape index (κ1) is 16.9. The molecule has 1 aromatic carbocycles. The average Bonchev–Trinajstić information content (AvgIpc) is 2.90. The molecule has 0 aliphatic carbocycles. The number of aryl methyl sites for hydroxylation is 1. The molecule has 0 radical (unpaired) electrons. The number of amides is 2. The second kappa shape index (κ2) is 6.74. The standard InChI is InChI=1S/C15H16F3N3O2/c1-21-7-3-6-12(21)13(22)9-19-14(23)20-11-5-2-4-10(8-11)15(16,17)18/h2-8,13,22H,9H2,1H3,(H2,19,20,23). The molecular weight excluding hydrogens is 311 g/mol. The first-order chi connectivity index (χ1) is 10.8. The monoisotopic (exact) mass is 327 g/mol. The molecule has 0 aliphatic rings. The van der Waals surface area contributed by atoms with Gasteiger partial charge >= 0.3 is 12.2 Å². The molecule has 0 bridgehead atoms. The lowest BCUT2D eigenvalue weighted by atomic mass is 10.2. The molecule has 1 heterocycles. The SMILES string of the molecule is Cn1cccc1C(O)CNC(=O)Nc1cccc(C(F)(F)F)c1. The first-order valence-corrected chi connectivity index (χ1v) is 6.79. The maximum absolute atomic E-state index is 12.6. The van der Waals surface area contributed by atoms with E-state index in [0.29, 0.717) is 5.69 Å². The lowest BCUT2D eigenvalue weighted by Crippen LogP contribution is -2.32. The molecule has 124 valence electrons. The molecule has 0 aliphatic heterocycles. The van der Waals surface area contributed by atoms with Crippen LogP contribution in [-0.2, 0) is 13.2 Å². The van der Waals surface area contributed by atoms with Crippen LogP contribution in [-0.4, -0.2) is 22.2 Å².